The van der Waals surface area contributed by atoms with E-state index in [9.17, 15) is 19.5 Å². The van der Waals surface area contributed by atoms with E-state index >= 15 is 0 Å². The first-order chi connectivity index (χ1) is 21.6. The van der Waals surface area contributed by atoms with Gasteiger partial charge in [-0.25, -0.2) is 4.79 Å². The van der Waals surface area contributed by atoms with Gasteiger partial charge in [0.1, 0.15) is 6.61 Å². The summed E-state index contributed by atoms with van der Waals surface area (Å²) in [6, 6.07) is -0.605. The highest BCUT2D eigenvalue weighted by molar-refractivity contribution is 5.72. The van der Waals surface area contributed by atoms with Gasteiger partial charge in [-0.2, -0.15) is 0 Å². The number of ether oxygens (including phenoxy) is 3. The van der Waals surface area contributed by atoms with Gasteiger partial charge < -0.3 is 23.8 Å². The smallest absolute Gasteiger partial charge is 0.362 e. The summed E-state index contributed by atoms with van der Waals surface area (Å²) in [4.78, 5) is 36.6. The van der Waals surface area contributed by atoms with Crippen LogP contribution in [0, 0.1) is 0 Å². The molecule has 0 bridgehead atoms. The first-order valence-electron chi connectivity index (χ1n) is 18.6. The standard InChI is InChI=1S/C37H71NO7/c1-6-8-10-12-14-16-17-18-19-20-22-23-25-27-35(39)44-32-33(31-43-30-29-34(37(41)42)38(3,4)5)45-36(40)28-26-24-21-15-13-11-9-7-2/h33-34H,6-32H2,1-5H3/p+1. The van der Waals surface area contributed by atoms with Crippen molar-refractivity contribution in [1.29, 1.82) is 0 Å². The van der Waals surface area contributed by atoms with Gasteiger partial charge in [0.05, 0.1) is 34.4 Å². The number of hydrogen-bond acceptors (Lipinski definition) is 6. The van der Waals surface area contributed by atoms with E-state index in [-0.39, 0.29) is 36.2 Å². The van der Waals surface area contributed by atoms with Crippen LogP contribution >= 0.6 is 0 Å². The third-order valence-electron chi connectivity index (χ3n) is 8.51. The average molecular weight is 643 g/mol. The lowest BCUT2D eigenvalue weighted by molar-refractivity contribution is -0.887. The van der Waals surface area contributed by atoms with E-state index in [2.05, 4.69) is 13.8 Å². The van der Waals surface area contributed by atoms with Gasteiger partial charge in [0, 0.05) is 19.3 Å². The van der Waals surface area contributed by atoms with Crippen molar-refractivity contribution in [2.24, 2.45) is 0 Å². The molecule has 0 aromatic heterocycles. The Bertz CT molecular complexity index is 722. The Morgan fingerprint density at radius 1 is 0.578 bits per heavy atom. The van der Waals surface area contributed by atoms with E-state index in [1.807, 2.05) is 21.1 Å². The van der Waals surface area contributed by atoms with E-state index in [0.29, 0.717) is 19.3 Å². The number of carboxylic acids is 1. The minimum absolute atomic E-state index is 0.0435. The fourth-order valence-electron chi connectivity index (χ4n) is 5.56. The number of nitrogens with zero attached hydrogens (tertiary/aromatic N) is 1. The van der Waals surface area contributed by atoms with Crippen molar-refractivity contribution in [3.8, 4) is 0 Å². The van der Waals surface area contributed by atoms with Gasteiger partial charge in [-0.3, -0.25) is 9.59 Å². The van der Waals surface area contributed by atoms with Crippen molar-refractivity contribution >= 4 is 17.9 Å². The van der Waals surface area contributed by atoms with Crippen LogP contribution in [0.15, 0.2) is 0 Å². The van der Waals surface area contributed by atoms with Crippen molar-refractivity contribution in [1.82, 2.24) is 0 Å². The number of carbonyl (C=O) groups excluding carboxylic acids is 2. The normalized spacial score (nSPS) is 13.0. The van der Waals surface area contributed by atoms with E-state index in [1.54, 1.807) is 0 Å². The zero-order chi connectivity index (χ0) is 33.6. The van der Waals surface area contributed by atoms with Crippen LogP contribution in [0.4, 0.5) is 0 Å². The Morgan fingerprint density at radius 2 is 0.978 bits per heavy atom. The van der Waals surface area contributed by atoms with Crippen molar-refractivity contribution in [3.63, 3.8) is 0 Å². The summed E-state index contributed by atoms with van der Waals surface area (Å²) in [6.07, 6.45) is 25.7. The average Bonchev–Trinajstić information content (AvgIpc) is 2.98. The fraction of sp³-hybridized carbons (Fsp3) is 0.919. The Morgan fingerprint density at radius 3 is 1.38 bits per heavy atom. The van der Waals surface area contributed by atoms with Crippen LogP contribution < -0.4 is 0 Å². The Kier molecular flexibility index (Phi) is 28.6. The van der Waals surface area contributed by atoms with Crippen LogP contribution in [0.3, 0.4) is 0 Å². The molecule has 0 spiro atoms. The maximum absolute atomic E-state index is 12.5. The number of quaternary nitrogens is 1. The fourth-order valence-corrected chi connectivity index (χ4v) is 5.56. The molecule has 2 unspecified atom stereocenters. The van der Waals surface area contributed by atoms with E-state index in [0.717, 1.165) is 38.5 Å². The molecule has 0 aliphatic carbocycles. The zero-order valence-electron chi connectivity index (χ0n) is 30.1. The molecule has 45 heavy (non-hydrogen) atoms. The molecule has 0 aliphatic rings. The molecular weight excluding hydrogens is 570 g/mol. The predicted octanol–water partition coefficient (Wildman–Crippen LogP) is 9.02. The second kappa shape index (κ2) is 29.7. The number of unbranched alkanes of at least 4 members (excludes halogenated alkanes) is 19. The second-order valence-corrected chi connectivity index (χ2v) is 13.8. The highest BCUT2D eigenvalue weighted by Gasteiger charge is 2.31. The van der Waals surface area contributed by atoms with Crippen molar-refractivity contribution in [2.45, 2.75) is 180 Å². The number of carboxylic acid groups (broad SMARTS) is 1. The third-order valence-corrected chi connectivity index (χ3v) is 8.51. The van der Waals surface area contributed by atoms with Gasteiger partial charge in [-0.1, -0.05) is 136 Å². The number of rotatable bonds is 33. The highest BCUT2D eigenvalue weighted by Crippen LogP contribution is 2.14. The summed E-state index contributed by atoms with van der Waals surface area (Å²) in [5.41, 5.74) is 0. The minimum Gasteiger partial charge on any atom is -0.477 e. The molecule has 0 saturated carbocycles. The third kappa shape index (κ3) is 28.3. The van der Waals surface area contributed by atoms with Crippen LogP contribution in [-0.2, 0) is 28.6 Å². The highest BCUT2D eigenvalue weighted by atomic mass is 16.6. The van der Waals surface area contributed by atoms with E-state index in [4.69, 9.17) is 14.2 Å². The Labute approximate surface area is 276 Å². The lowest BCUT2D eigenvalue weighted by Crippen LogP contribution is -2.50. The number of aliphatic carboxylic acids is 1. The van der Waals surface area contributed by atoms with Crippen LogP contribution in [0.25, 0.3) is 0 Å². The Hall–Kier alpha value is -1.67. The molecule has 0 fully saturated rings. The summed E-state index contributed by atoms with van der Waals surface area (Å²) in [5, 5.41) is 9.55. The molecule has 0 heterocycles. The molecule has 0 aliphatic heterocycles. The number of hydrogen-bond donors (Lipinski definition) is 1. The number of esters is 2. The molecule has 266 valence electrons. The van der Waals surface area contributed by atoms with Gasteiger partial charge >= 0.3 is 17.9 Å². The second-order valence-electron chi connectivity index (χ2n) is 13.8. The number of carbonyl (C=O) groups is 3. The van der Waals surface area contributed by atoms with Crippen LogP contribution in [0.1, 0.15) is 168 Å². The molecule has 0 aromatic rings. The predicted molar refractivity (Wildman–Crippen MR) is 183 cm³/mol. The molecule has 2 atom stereocenters. The molecule has 0 aromatic carbocycles. The molecule has 0 amide bonds. The van der Waals surface area contributed by atoms with Gasteiger partial charge in [0.15, 0.2) is 12.1 Å². The van der Waals surface area contributed by atoms with Gasteiger partial charge in [-0.05, 0) is 12.8 Å². The van der Waals surface area contributed by atoms with Gasteiger partial charge in [0.2, 0.25) is 0 Å². The maximum Gasteiger partial charge on any atom is 0.362 e. The Balaban J connectivity index is 4.36. The van der Waals surface area contributed by atoms with Gasteiger partial charge in [-0.15, -0.1) is 0 Å². The quantitative estimate of drug-likeness (QED) is 0.0433. The zero-order valence-corrected chi connectivity index (χ0v) is 30.1. The first kappa shape index (κ1) is 43.3. The number of likely N-dealkylation sites (N-methyl/N-ethyl adjacent to an activating group) is 1. The summed E-state index contributed by atoms with van der Waals surface area (Å²) in [7, 11) is 5.52. The molecule has 0 rings (SSSR count). The molecule has 1 N–H and O–H groups in total. The van der Waals surface area contributed by atoms with E-state index < -0.39 is 18.1 Å². The minimum atomic E-state index is -0.874. The summed E-state index contributed by atoms with van der Waals surface area (Å²) in [6.45, 7) is 4.71. The molecule has 8 heteroatoms. The summed E-state index contributed by atoms with van der Waals surface area (Å²) in [5.74, 6) is -1.46. The van der Waals surface area contributed by atoms with Crippen LogP contribution in [-0.4, -0.2) is 80.6 Å². The summed E-state index contributed by atoms with van der Waals surface area (Å²) >= 11 is 0. The first-order valence-corrected chi connectivity index (χ1v) is 18.6. The van der Waals surface area contributed by atoms with Crippen LogP contribution in [0.2, 0.25) is 0 Å². The molecule has 0 radical (unpaired) electrons. The van der Waals surface area contributed by atoms with Crippen LogP contribution in [0.5, 0.6) is 0 Å². The molecule has 8 nitrogen and oxygen atoms in total. The lowest BCUT2D eigenvalue weighted by Gasteiger charge is -2.31. The molecular formula is C37H72NO7+. The largest absolute Gasteiger partial charge is 0.477 e. The topological polar surface area (TPSA) is 99.1 Å². The summed E-state index contributed by atoms with van der Waals surface area (Å²) < 4.78 is 17.1. The van der Waals surface area contributed by atoms with Crippen molar-refractivity contribution in [3.05, 3.63) is 0 Å². The monoisotopic (exact) mass is 643 g/mol. The molecule has 0 saturated heterocycles. The maximum atomic E-state index is 12.5. The van der Waals surface area contributed by atoms with E-state index in [1.165, 1.54) is 96.3 Å². The van der Waals surface area contributed by atoms with Crippen molar-refractivity contribution < 1.29 is 38.2 Å². The van der Waals surface area contributed by atoms with Gasteiger partial charge in [0.25, 0.3) is 0 Å². The SMILES string of the molecule is CCCCCCCCCCCCCCCC(=O)OCC(COCCC(C(=O)O)[N+](C)(C)C)OC(=O)CCCCCCCCCC. The van der Waals surface area contributed by atoms with Crippen molar-refractivity contribution in [2.75, 3.05) is 41.0 Å². The lowest BCUT2D eigenvalue weighted by atomic mass is 10.0.